The molecular formula is C28H30N2O6. The molecule has 0 atom stereocenters. The lowest BCUT2D eigenvalue weighted by Gasteiger charge is -2.29. The molecule has 2 amide bonds. The SMILES string of the molecule is CCCCNC(=O)c1ccc(CN2C(=O)COc3ccc(C(=O)COc4cccc(C)c4C)cc32)o1. The van der Waals surface area contributed by atoms with Crippen LogP contribution in [0.3, 0.4) is 0 Å². The number of benzene rings is 2. The molecule has 0 spiro atoms. The Labute approximate surface area is 210 Å². The number of rotatable bonds is 10. The van der Waals surface area contributed by atoms with Gasteiger partial charge in [-0.25, -0.2) is 0 Å². The van der Waals surface area contributed by atoms with Gasteiger partial charge in [-0.1, -0.05) is 25.5 Å². The van der Waals surface area contributed by atoms with Crippen molar-refractivity contribution in [2.45, 2.75) is 40.2 Å². The number of ketones is 1. The molecule has 8 nitrogen and oxygen atoms in total. The second kappa shape index (κ2) is 11.1. The molecule has 1 N–H and O–H groups in total. The van der Waals surface area contributed by atoms with Crippen LogP contribution < -0.4 is 19.7 Å². The Balaban J connectivity index is 1.48. The van der Waals surface area contributed by atoms with E-state index < -0.39 is 0 Å². The third kappa shape index (κ3) is 5.59. The number of nitrogens with one attached hydrogen (secondary N) is 1. The molecule has 0 unspecified atom stereocenters. The third-order valence-corrected chi connectivity index (χ3v) is 6.15. The summed E-state index contributed by atoms with van der Waals surface area (Å²) in [7, 11) is 0. The summed E-state index contributed by atoms with van der Waals surface area (Å²) < 4.78 is 17.0. The predicted molar refractivity (Wildman–Crippen MR) is 135 cm³/mol. The van der Waals surface area contributed by atoms with Gasteiger partial charge in [-0.05, 0) is 67.8 Å². The molecule has 0 bridgehead atoms. The Bertz CT molecular complexity index is 1280. The number of furan rings is 1. The van der Waals surface area contributed by atoms with E-state index in [1.165, 1.54) is 4.90 Å². The summed E-state index contributed by atoms with van der Waals surface area (Å²) in [6, 6.07) is 13.9. The topological polar surface area (TPSA) is 98.1 Å². The molecule has 0 fully saturated rings. The maximum atomic E-state index is 12.9. The van der Waals surface area contributed by atoms with Gasteiger partial charge in [-0.15, -0.1) is 0 Å². The summed E-state index contributed by atoms with van der Waals surface area (Å²) in [6.07, 6.45) is 1.86. The van der Waals surface area contributed by atoms with Crippen LogP contribution in [-0.2, 0) is 11.3 Å². The monoisotopic (exact) mass is 490 g/mol. The Hall–Kier alpha value is -4.07. The van der Waals surface area contributed by atoms with Crippen molar-refractivity contribution in [3.63, 3.8) is 0 Å². The van der Waals surface area contributed by atoms with Crippen LogP contribution in [0.15, 0.2) is 52.9 Å². The van der Waals surface area contributed by atoms with E-state index in [4.69, 9.17) is 13.9 Å². The lowest BCUT2D eigenvalue weighted by atomic mass is 10.1. The molecule has 1 aromatic heterocycles. The molecule has 8 heteroatoms. The van der Waals surface area contributed by atoms with Crippen molar-refractivity contribution in [2.24, 2.45) is 0 Å². The molecule has 0 saturated heterocycles. The fourth-order valence-corrected chi connectivity index (χ4v) is 3.86. The van der Waals surface area contributed by atoms with E-state index in [0.717, 1.165) is 24.0 Å². The highest BCUT2D eigenvalue weighted by Gasteiger charge is 2.28. The highest BCUT2D eigenvalue weighted by Crippen LogP contribution is 2.34. The normalized spacial score (nSPS) is 12.6. The van der Waals surface area contributed by atoms with Crippen LogP contribution in [0.2, 0.25) is 0 Å². The van der Waals surface area contributed by atoms with Crippen LogP contribution in [-0.4, -0.2) is 37.4 Å². The Morgan fingerprint density at radius 2 is 1.94 bits per heavy atom. The largest absolute Gasteiger partial charge is 0.485 e. The number of ether oxygens (including phenoxy) is 2. The van der Waals surface area contributed by atoms with Crippen molar-refractivity contribution in [1.29, 1.82) is 0 Å². The standard InChI is InChI=1S/C28H30N2O6/c1-4-5-13-29-28(33)26-12-10-21(36-26)15-30-22-14-20(9-11-25(22)35-17-27(30)32)23(31)16-34-24-8-6-7-18(2)19(24)3/h6-12,14H,4-5,13,15-17H2,1-3H3,(H,29,33). The number of Topliss-reactive ketones (excluding diaryl/α,β-unsaturated/α-hetero) is 1. The number of nitrogens with zero attached hydrogens (tertiary/aromatic N) is 1. The second-order valence-electron chi connectivity index (χ2n) is 8.74. The smallest absolute Gasteiger partial charge is 0.286 e. The van der Waals surface area contributed by atoms with E-state index in [-0.39, 0.29) is 43.1 Å². The quantitative estimate of drug-likeness (QED) is 0.329. The predicted octanol–water partition coefficient (Wildman–Crippen LogP) is 4.61. The van der Waals surface area contributed by atoms with E-state index in [2.05, 4.69) is 5.32 Å². The molecule has 2 heterocycles. The number of hydrogen-bond donors (Lipinski definition) is 1. The van der Waals surface area contributed by atoms with E-state index >= 15 is 0 Å². The van der Waals surface area contributed by atoms with Gasteiger partial charge in [-0.3, -0.25) is 19.3 Å². The molecule has 0 aliphatic carbocycles. The van der Waals surface area contributed by atoms with Crippen molar-refractivity contribution in [3.05, 3.63) is 76.7 Å². The minimum absolute atomic E-state index is 0.105. The summed E-state index contributed by atoms with van der Waals surface area (Å²) >= 11 is 0. The Morgan fingerprint density at radius 3 is 2.75 bits per heavy atom. The van der Waals surface area contributed by atoms with Crippen molar-refractivity contribution >= 4 is 23.3 Å². The Kier molecular flexibility index (Phi) is 7.73. The number of fused-ring (bicyclic) bond motifs is 1. The zero-order valence-electron chi connectivity index (χ0n) is 20.8. The lowest BCUT2D eigenvalue weighted by molar-refractivity contribution is -0.121. The summed E-state index contributed by atoms with van der Waals surface area (Å²) in [5.41, 5.74) is 2.93. The van der Waals surface area contributed by atoms with Crippen molar-refractivity contribution in [1.82, 2.24) is 5.32 Å². The van der Waals surface area contributed by atoms with Gasteiger partial charge in [-0.2, -0.15) is 0 Å². The van der Waals surface area contributed by atoms with E-state index in [0.29, 0.717) is 35.1 Å². The van der Waals surface area contributed by atoms with Gasteiger partial charge in [0.25, 0.3) is 11.8 Å². The van der Waals surface area contributed by atoms with E-state index in [1.807, 2.05) is 39.0 Å². The van der Waals surface area contributed by atoms with Crippen LogP contribution in [0.1, 0.15) is 57.6 Å². The fourth-order valence-electron chi connectivity index (χ4n) is 3.86. The van der Waals surface area contributed by atoms with Crippen molar-refractivity contribution in [3.8, 4) is 11.5 Å². The van der Waals surface area contributed by atoms with Gasteiger partial charge in [0.1, 0.15) is 17.3 Å². The van der Waals surface area contributed by atoms with Crippen molar-refractivity contribution < 1.29 is 28.3 Å². The highest BCUT2D eigenvalue weighted by atomic mass is 16.5. The van der Waals surface area contributed by atoms with Gasteiger partial charge in [0.2, 0.25) is 0 Å². The molecule has 0 radical (unpaired) electrons. The fraction of sp³-hybridized carbons (Fsp3) is 0.321. The zero-order valence-corrected chi connectivity index (χ0v) is 20.8. The Morgan fingerprint density at radius 1 is 1.11 bits per heavy atom. The molecule has 36 heavy (non-hydrogen) atoms. The highest BCUT2D eigenvalue weighted by molar-refractivity contribution is 6.02. The first-order valence-corrected chi connectivity index (χ1v) is 12.0. The number of anilines is 1. The molecule has 4 rings (SSSR count). The van der Waals surface area contributed by atoms with Gasteiger partial charge in [0, 0.05) is 12.1 Å². The average Bonchev–Trinajstić information content (AvgIpc) is 3.35. The average molecular weight is 491 g/mol. The number of carbonyl (C=O) groups is 3. The maximum Gasteiger partial charge on any atom is 0.286 e. The molecule has 2 aromatic carbocycles. The molecule has 3 aromatic rings. The molecule has 188 valence electrons. The van der Waals surface area contributed by atoms with Gasteiger partial charge >= 0.3 is 0 Å². The van der Waals surface area contributed by atoms with Crippen LogP contribution >= 0.6 is 0 Å². The van der Waals surface area contributed by atoms with E-state index in [9.17, 15) is 14.4 Å². The number of aryl methyl sites for hydroxylation is 1. The van der Waals surface area contributed by atoms with Crippen LogP contribution in [0.4, 0.5) is 5.69 Å². The van der Waals surface area contributed by atoms with Crippen LogP contribution in [0.25, 0.3) is 0 Å². The lowest BCUT2D eigenvalue weighted by Crippen LogP contribution is -2.38. The minimum Gasteiger partial charge on any atom is -0.485 e. The molecule has 1 aliphatic heterocycles. The summed E-state index contributed by atoms with van der Waals surface area (Å²) in [5.74, 6) is 1.01. The van der Waals surface area contributed by atoms with Gasteiger partial charge < -0.3 is 19.2 Å². The van der Waals surface area contributed by atoms with E-state index in [1.54, 1.807) is 30.3 Å². The molecule has 0 saturated carbocycles. The summed E-state index contributed by atoms with van der Waals surface area (Å²) in [5, 5.41) is 2.81. The third-order valence-electron chi connectivity index (χ3n) is 6.15. The first kappa shape index (κ1) is 25.0. The van der Waals surface area contributed by atoms with Gasteiger partial charge in [0.15, 0.2) is 24.8 Å². The molecular weight excluding hydrogens is 460 g/mol. The first-order chi connectivity index (χ1) is 17.4. The first-order valence-electron chi connectivity index (χ1n) is 12.0. The number of amides is 2. The summed E-state index contributed by atoms with van der Waals surface area (Å²) in [6.45, 7) is 6.40. The van der Waals surface area contributed by atoms with Gasteiger partial charge in [0.05, 0.1) is 12.2 Å². The van der Waals surface area contributed by atoms with Crippen LogP contribution in [0, 0.1) is 13.8 Å². The second-order valence-corrected chi connectivity index (χ2v) is 8.74. The van der Waals surface area contributed by atoms with Crippen molar-refractivity contribution in [2.75, 3.05) is 24.7 Å². The minimum atomic E-state index is -0.292. The molecule has 1 aliphatic rings. The number of unbranched alkanes of at least 4 members (excludes halogenated alkanes) is 1. The van der Waals surface area contributed by atoms with Crippen LogP contribution in [0.5, 0.6) is 11.5 Å². The maximum absolute atomic E-state index is 12.9. The summed E-state index contributed by atoms with van der Waals surface area (Å²) in [4.78, 5) is 39.4. The zero-order chi connectivity index (χ0) is 25.7. The number of hydrogen-bond acceptors (Lipinski definition) is 6. The number of carbonyl (C=O) groups excluding carboxylic acids is 3.